The summed E-state index contributed by atoms with van der Waals surface area (Å²) in [5.41, 5.74) is 0.749. The number of carbonyl (C=O) groups is 1. The smallest absolute Gasteiger partial charge is 0.337 e. The molecule has 0 saturated heterocycles. The minimum absolute atomic E-state index is 0.0855. The molecule has 1 rings (SSSR count). The maximum Gasteiger partial charge on any atom is 0.337 e. The highest BCUT2D eigenvalue weighted by Crippen LogP contribution is 2.23. The maximum atomic E-state index is 11.1. The molecule has 0 heterocycles. The molecular formula is C13H19NO4. The zero-order chi connectivity index (χ0) is 13.5. The Bertz CT molecular complexity index is 406. The van der Waals surface area contributed by atoms with E-state index in [1.54, 1.807) is 12.1 Å². The van der Waals surface area contributed by atoms with Crippen LogP contribution < -0.4 is 10.1 Å². The molecular weight excluding hydrogens is 234 g/mol. The molecule has 1 atom stereocenters. The van der Waals surface area contributed by atoms with Crippen molar-refractivity contribution in [3.05, 3.63) is 23.8 Å². The number of anilines is 1. The molecule has 3 N–H and O–H groups in total. The lowest BCUT2D eigenvalue weighted by Gasteiger charge is -2.17. The third-order valence-corrected chi connectivity index (χ3v) is 2.65. The van der Waals surface area contributed by atoms with E-state index in [9.17, 15) is 4.79 Å². The largest absolute Gasteiger partial charge is 0.497 e. The van der Waals surface area contributed by atoms with Crippen molar-refractivity contribution in [3.63, 3.8) is 0 Å². The third-order valence-electron chi connectivity index (χ3n) is 2.65. The fourth-order valence-corrected chi connectivity index (χ4v) is 1.69. The lowest BCUT2D eigenvalue weighted by atomic mass is 10.1. The Labute approximate surface area is 106 Å². The van der Waals surface area contributed by atoms with E-state index in [1.807, 2.05) is 6.92 Å². The number of aliphatic hydroxyl groups excluding tert-OH is 1. The molecule has 0 aliphatic heterocycles. The molecule has 0 radical (unpaired) electrons. The first kappa shape index (κ1) is 14.3. The average molecular weight is 253 g/mol. The SMILES string of the molecule is COc1ccc(C(=O)O)c(NC(C)CCCO)c1. The van der Waals surface area contributed by atoms with Crippen LogP contribution in [0.4, 0.5) is 5.69 Å². The summed E-state index contributed by atoms with van der Waals surface area (Å²) in [7, 11) is 1.54. The van der Waals surface area contributed by atoms with Gasteiger partial charge in [-0.25, -0.2) is 4.79 Å². The van der Waals surface area contributed by atoms with Crippen LogP contribution in [0.3, 0.4) is 0 Å². The lowest BCUT2D eigenvalue weighted by Crippen LogP contribution is -2.17. The summed E-state index contributed by atoms with van der Waals surface area (Å²) in [6.45, 7) is 2.08. The molecule has 5 heteroatoms. The summed E-state index contributed by atoms with van der Waals surface area (Å²) in [6.07, 6.45) is 1.45. The molecule has 1 aromatic rings. The van der Waals surface area contributed by atoms with E-state index in [4.69, 9.17) is 14.9 Å². The van der Waals surface area contributed by atoms with Crippen molar-refractivity contribution in [2.75, 3.05) is 19.0 Å². The fraction of sp³-hybridized carbons (Fsp3) is 0.462. The quantitative estimate of drug-likeness (QED) is 0.692. The first-order valence-electron chi connectivity index (χ1n) is 5.87. The summed E-state index contributed by atoms with van der Waals surface area (Å²) in [5, 5.41) is 21.0. The van der Waals surface area contributed by atoms with Gasteiger partial charge in [-0.1, -0.05) is 0 Å². The monoisotopic (exact) mass is 253 g/mol. The molecule has 0 aliphatic carbocycles. The van der Waals surface area contributed by atoms with Crippen molar-refractivity contribution in [1.29, 1.82) is 0 Å². The van der Waals surface area contributed by atoms with Gasteiger partial charge in [-0.15, -0.1) is 0 Å². The van der Waals surface area contributed by atoms with E-state index >= 15 is 0 Å². The number of benzene rings is 1. The van der Waals surface area contributed by atoms with E-state index in [1.165, 1.54) is 13.2 Å². The minimum atomic E-state index is -0.977. The van der Waals surface area contributed by atoms with Crippen LogP contribution in [0, 0.1) is 0 Å². The van der Waals surface area contributed by atoms with Gasteiger partial charge in [0.15, 0.2) is 0 Å². The Kier molecular flexibility index (Phi) is 5.45. The third kappa shape index (κ3) is 3.92. The number of carboxylic acid groups (broad SMARTS) is 1. The molecule has 0 fully saturated rings. The number of carboxylic acids is 1. The second-order valence-corrected chi connectivity index (χ2v) is 4.13. The molecule has 5 nitrogen and oxygen atoms in total. The van der Waals surface area contributed by atoms with Crippen LogP contribution in [-0.4, -0.2) is 35.9 Å². The minimum Gasteiger partial charge on any atom is -0.497 e. The van der Waals surface area contributed by atoms with Gasteiger partial charge in [0.25, 0.3) is 0 Å². The molecule has 1 unspecified atom stereocenters. The highest BCUT2D eigenvalue weighted by Gasteiger charge is 2.13. The highest BCUT2D eigenvalue weighted by molar-refractivity contribution is 5.94. The summed E-state index contributed by atoms with van der Waals surface area (Å²) >= 11 is 0. The van der Waals surface area contributed by atoms with Crippen molar-refractivity contribution in [1.82, 2.24) is 0 Å². The molecule has 0 amide bonds. The van der Waals surface area contributed by atoms with Gasteiger partial charge in [0.2, 0.25) is 0 Å². The lowest BCUT2D eigenvalue weighted by molar-refractivity contribution is 0.0698. The second kappa shape index (κ2) is 6.86. The molecule has 0 bridgehead atoms. The zero-order valence-electron chi connectivity index (χ0n) is 10.6. The molecule has 100 valence electrons. The summed E-state index contributed by atoms with van der Waals surface area (Å²) in [4.78, 5) is 11.1. The van der Waals surface area contributed by atoms with Gasteiger partial charge in [-0.2, -0.15) is 0 Å². The van der Waals surface area contributed by atoms with Crippen molar-refractivity contribution in [2.45, 2.75) is 25.8 Å². The van der Waals surface area contributed by atoms with Gasteiger partial charge in [0.1, 0.15) is 5.75 Å². The van der Waals surface area contributed by atoms with Crippen molar-refractivity contribution < 1.29 is 19.7 Å². The Morgan fingerprint density at radius 1 is 1.50 bits per heavy atom. The van der Waals surface area contributed by atoms with E-state index in [0.717, 1.165) is 6.42 Å². The predicted octanol–water partition coefficient (Wildman–Crippen LogP) is 1.97. The average Bonchev–Trinajstić information content (AvgIpc) is 2.35. The Hall–Kier alpha value is -1.75. The number of ether oxygens (including phenoxy) is 1. The van der Waals surface area contributed by atoms with Crippen LogP contribution in [0.1, 0.15) is 30.1 Å². The standard InChI is InChI=1S/C13H19NO4/c1-9(4-3-7-15)14-12-8-10(18-2)5-6-11(12)13(16)17/h5-6,8-9,14-15H,3-4,7H2,1-2H3,(H,16,17). The number of nitrogens with one attached hydrogen (secondary N) is 1. The molecule has 0 aliphatic rings. The fourth-order valence-electron chi connectivity index (χ4n) is 1.69. The predicted molar refractivity (Wildman–Crippen MR) is 69.4 cm³/mol. The van der Waals surface area contributed by atoms with Gasteiger partial charge in [-0.3, -0.25) is 0 Å². The summed E-state index contributed by atoms with van der Waals surface area (Å²) in [6, 6.07) is 4.89. The number of rotatable bonds is 7. The zero-order valence-corrected chi connectivity index (χ0v) is 10.6. The number of hydrogen-bond acceptors (Lipinski definition) is 4. The van der Waals surface area contributed by atoms with Crippen LogP contribution in [0.25, 0.3) is 0 Å². The molecule has 0 aromatic heterocycles. The first-order chi connectivity index (χ1) is 8.58. The number of aromatic carboxylic acids is 1. The van der Waals surface area contributed by atoms with E-state index in [2.05, 4.69) is 5.32 Å². The Morgan fingerprint density at radius 3 is 2.78 bits per heavy atom. The summed E-state index contributed by atoms with van der Waals surface area (Å²) in [5.74, 6) is -0.369. The number of hydrogen-bond donors (Lipinski definition) is 3. The highest BCUT2D eigenvalue weighted by atomic mass is 16.5. The molecule has 1 aromatic carbocycles. The van der Waals surface area contributed by atoms with Crippen LogP contribution in [0.15, 0.2) is 18.2 Å². The first-order valence-corrected chi connectivity index (χ1v) is 5.87. The van der Waals surface area contributed by atoms with Crippen molar-refractivity contribution >= 4 is 11.7 Å². The van der Waals surface area contributed by atoms with Gasteiger partial charge in [-0.05, 0) is 31.9 Å². The van der Waals surface area contributed by atoms with Gasteiger partial charge in [0.05, 0.1) is 18.4 Å². The van der Waals surface area contributed by atoms with Crippen molar-refractivity contribution in [3.8, 4) is 5.75 Å². The van der Waals surface area contributed by atoms with E-state index in [0.29, 0.717) is 17.9 Å². The van der Waals surface area contributed by atoms with Gasteiger partial charge < -0.3 is 20.3 Å². The van der Waals surface area contributed by atoms with Crippen LogP contribution in [0.5, 0.6) is 5.75 Å². The van der Waals surface area contributed by atoms with Gasteiger partial charge in [0, 0.05) is 18.7 Å². The summed E-state index contributed by atoms with van der Waals surface area (Å²) < 4.78 is 5.08. The molecule has 0 spiro atoms. The van der Waals surface area contributed by atoms with Crippen LogP contribution >= 0.6 is 0 Å². The van der Waals surface area contributed by atoms with E-state index in [-0.39, 0.29) is 18.2 Å². The van der Waals surface area contributed by atoms with E-state index < -0.39 is 5.97 Å². The molecule has 18 heavy (non-hydrogen) atoms. The van der Waals surface area contributed by atoms with Crippen LogP contribution in [-0.2, 0) is 0 Å². The molecule has 0 saturated carbocycles. The number of aliphatic hydroxyl groups is 1. The normalized spacial score (nSPS) is 11.9. The Morgan fingerprint density at radius 2 is 2.22 bits per heavy atom. The van der Waals surface area contributed by atoms with Crippen LogP contribution in [0.2, 0.25) is 0 Å². The van der Waals surface area contributed by atoms with Crippen molar-refractivity contribution in [2.24, 2.45) is 0 Å². The Balaban J connectivity index is 2.86. The second-order valence-electron chi connectivity index (χ2n) is 4.13. The van der Waals surface area contributed by atoms with Gasteiger partial charge >= 0.3 is 5.97 Å². The maximum absolute atomic E-state index is 11.1. The topological polar surface area (TPSA) is 78.8 Å². The number of methoxy groups -OCH3 is 1.